The van der Waals surface area contributed by atoms with Crippen molar-refractivity contribution in [3.05, 3.63) is 66.0 Å². The molecule has 0 unspecified atom stereocenters. The quantitative estimate of drug-likeness (QED) is 0.780. The molecule has 25 heavy (non-hydrogen) atoms. The van der Waals surface area contributed by atoms with Gasteiger partial charge in [-0.3, -0.25) is 9.59 Å². The van der Waals surface area contributed by atoms with Crippen molar-refractivity contribution < 1.29 is 18.7 Å². The third-order valence-corrected chi connectivity index (χ3v) is 3.11. The van der Waals surface area contributed by atoms with E-state index in [1.165, 1.54) is 19.1 Å². The molecule has 0 radical (unpaired) electrons. The van der Waals surface area contributed by atoms with Gasteiger partial charge in [0.05, 0.1) is 5.56 Å². The van der Waals surface area contributed by atoms with Crippen molar-refractivity contribution in [3.63, 3.8) is 0 Å². The Balaban J connectivity index is 2.15. The van der Waals surface area contributed by atoms with Crippen LogP contribution in [0.4, 0.5) is 15.8 Å². The summed E-state index contributed by atoms with van der Waals surface area (Å²) in [5, 5.41) is 5.13. The smallest absolute Gasteiger partial charge is 0.258 e. The van der Waals surface area contributed by atoms with Crippen LogP contribution in [0.2, 0.25) is 0 Å². The first-order valence-corrected chi connectivity index (χ1v) is 7.61. The van der Waals surface area contributed by atoms with Gasteiger partial charge in [-0.25, -0.2) is 4.39 Å². The summed E-state index contributed by atoms with van der Waals surface area (Å²) in [5.41, 5.74) is 1.51. The fourth-order valence-electron chi connectivity index (χ4n) is 2.05. The number of hydrogen-bond acceptors (Lipinski definition) is 3. The van der Waals surface area contributed by atoms with Crippen molar-refractivity contribution >= 4 is 23.2 Å². The molecule has 6 heteroatoms. The first-order chi connectivity index (χ1) is 11.8. The van der Waals surface area contributed by atoms with Gasteiger partial charge >= 0.3 is 0 Å². The normalized spacial score (nSPS) is 10.0. The molecule has 0 aliphatic heterocycles. The van der Waals surface area contributed by atoms with Crippen LogP contribution < -0.4 is 15.4 Å². The van der Waals surface area contributed by atoms with Gasteiger partial charge in [0.15, 0.2) is 0 Å². The molecule has 0 spiro atoms. The van der Waals surface area contributed by atoms with E-state index in [2.05, 4.69) is 17.2 Å². The average molecular weight is 342 g/mol. The van der Waals surface area contributed by atoms with Gasteiger partial charge in [0.2, 0.25) is 5.91 Å². The number of anilines is 2. The molecule has 0 bridgehead atoms. The Morgan fingerprint density at radius 1 is 1.08 bits per heavy atom. The maximum Gasteiger partial charge on any atom is 0.258 e. The van der Waals surface area contributed by atoms with Gasteiger partial charge in [-0.15, -0.1) is 0 Å². The minimum atomic E-state index is -0.679. The maximum atomic E-state index is 13.9. The number of rotatable bonds is 6. The van der Waals surface area contributed by atoms with Crippen LogP contribution in [0.25, 0.3) is 0 Å². The topological polar surface area (TPSA) is 67.4 Å². The number of halogens is 1. The van der Waals surface area contributed by atoms with Crippen molar-refractivity contribution in [3.8, 4) is 5.75 Å². The highest BCUT2D eigenvalue weighted by Gasteiger charge is 2.13. The van der Waals surface area contributed by atoms with Crippen molar-refractivity contribution in [2.24, 2.45) is 0 Å². The van der Waals surface area contributed by atoms with E-state index in [-0.39, 0.29) is 11.5 Å². The van der Waals surface area contributed by atoms with Gasteiger partial charge in [-0.1, -0.05) is 12.6 Å². The molecule has 2 N–H and O–H groups in total. The van der Waals surface area contributed by atoms with Crippen LogP contribution in [0.1, 0.15) is 24.2 Å². The Morgan fingerprint density at radius 3 is 2.48 bits per heavy atom. The molecule has 0 saturated carbocycles. The predicted molar refractivity (Wildman–Crippen MR) is 95.4 cm³/mol. The van der Waals surface area contributed by atoms with Crippen LogP contribution in [-0.2, 0) is 4.79 Å². The van der Waals surface area contributed by atoms with Crippen LogP contribution >= 0.6 is 0 Å². The largest absolute Gasteiger partial charge is 0.489 e. The molecule has 0 fully saturated rings. The fraction of sp³-hybridized carbons (Fsp3) is 0.158. The van der Waals surface area contributed by atoms with E-state index in [9.17, 15) is 14.0 Å². The highest BCUT2D eigenvalue weighted by molar-refractivity contribution is 6.05. The van der Waals surface area contributed by atoms with Gasteiger partial charge in [0.1, 0.15) is 18.2 Å². The summed E-state index contributed by atoms with van der Waals surface area (Å²) in [6.07, 6.45) is 0. The predicted octanol–water partition coefficient (Wildman–Crippen LogP) is 3.99. The Kier molecular flexibility index (Phi) is 5.89. The molecule has 2 rings (SSSR count). The second-order valence-corrected chi connectivity index (χ2v) is 5.60. The van der Waals surface area contributed by atoms with Gasteiger partial charge in [0.25, 0.3) is 5.91 Å². The molecule has 0 aromatic heterocycles. The zero-order chi connectivity index (χ0) is 18.4. The molecular weight excluding hydrogens is 323 g/mol. The number of carbonyl (C=O) groups excluding carboxylic acids is 2. The Labute approximate surface area is 145 Å². The first-order valence-electron chi connectivity index (χ1n) is 7.61. The second kappa shape index (κ2) is 8.10. The molecule has 0 atom stereocenters. The highest BCUT2D eigenvalue weighted by atomic mass is 19.1. The molecule has 2 amide bonds. The lowest BCUT2D eigenvalue weighted by Gasteiger charge is -2.10. The number of ether oxygens (including phenoxy) is 1. The molecule has 2 aromatic carbocycles. The zero-order valence-electron chi connectivity index (χ0n) is 14.1. The van der Waals surface area contributed by atoms with Gasteiger partial charge < -0.3 is 15.4 Å². The van der Waals surface area contributed by atoms with E-state index in [0.717, 1.165) is 11.6 Å². The number of benzene rings is 2. The lowest BCUT2D eigenvalue weighted by molar-refractivity contribution is -0.114. The van der Waals surface area contributed by atoms with Crippen molar-refractivity contribution in [1.29, 1.82) is 0 Å². The molecule has 0 aliphatic carbocycles. The van der Waals surface area contributed by atoms with Crippen molar-refractivity contribution in [2.45, 2.75) is 13.8 Å². The minimum Gasteiger partial charge on any atom is -0.489 e. The van der Waals surface area contributed by atoms with Crippen LogP contribution in [0.3, 0.4) is 0 Å². The number of nitrogens with one attached hydrogen (secondary N) is 2. The van der Waals surface area contributed by atoms with Gasteiger partial charge in [-0.05, 0) is 42.8 Å². The standard InChI is InChI=1S/C19H19FN2O3/c1-12(2)11-25-16-6-4-5-14(9-16)22-19(24)17-10-15(21-13(3)23)7-8-18(17)20/h4-10H,1,11H2,2-3H3,(H,21,23)(H,22,24). The van der Waals surface area contributed by atoms with Gasteiger partial charge in [-0.2, -0.15) is 0 Å². The summed E-state index contributed by atoms with van der Waals surface area (Å²) in [6, 6.07) is 10.6. The molecule has 130 valence electrons. The molecular formula is C19H19FN2O3. The minimum absolute atomic E-state index is 0.167. The average Bonchev–Trinajstić information content (AvgIpc) is 2.54. The summed E-state index contributed by atoms with van der Waals surface area (Å²) in [7, 11) is 0. The summed E-state index contributed by atoms with van der Waals surface area (Å²) in [4.78, 5) is 23.4. The van der Waals surface area contributed by atoms with E-state index >= 15 is 0 Å². The third kappa shape index (κ3) is 5.46. The molecule has 0 aliphatic rings. The summed E-state index contributed by atoms with van der Waals surface area (Å²) in [6.45, 7) is 7.30. The number of carbonyl (C=O) groups is 2. The highest BCUT2D eigenvalue weighted by Crippen LogP contribution is 2.20. The van der Waals surface area contributed by atoms with Crippen molar-refractivity contribution in [2.75, 3.05) is 17.2 Å². The van der Waals surface area contributed by atoms with E-state index in [1.807, 2.05) is 6.92 Å². The maximum absolute atomic E-state index is 13.9. The Hall–Kier alpha value is -3.15. The van der Waals surface area contributed by atoms with E-state index in [0.29, 0.717) is 23.7 Å². The molecule has 0 heterocycles. The van der Waals surface area contributed by atoms with Crippen LogP contribution in [0.5, 0.6) is 5.75 Å². The number of amides is 2. The van der Waals surface area contributed by atoms with E-state index in [1.54, 1.807) is 24.3 Å². The molecule has 0 saturated heterocycles. The molecule has 2 aromatic rings. The van der Waals surface area contributed by atoms with E-state index < -0.39 is 11.7 Å². The SMILES string of the molecule is C=C(C)COc1cccc(NC(=O)c2cc(NC(C)=O)ccc2F)c1. The zero-order valence-corrected chi connectivity index (χ0v) is 14.1. The Morgan fingerprint density at radius 2 is 1.80 bits per heavy atom. The third-order valence-electron chi connectivity index (χ3n) is 3.11. The first kappa shape index (κ1) is 18.2. The van der Waals surface area contributed by atoms with Crippen LogP contribution in [0.15, 0.2) is 54.6 Å². The van der Waals surface area contributed by atoms with Crippen LogP contribution in [0, 0.1) is 5.82 Å². The summed E-state index contributed by atoms with van der Waals surface area (Å²) < 4.78 is 19.5. The monoisotopic (exact) mass is 342 g/mol. The van der Waals surface area contributed by atoms with Crippen molar-refractivity contribution in [1.82, 2.24) is 0 Å². The Bertz CT molecular complexity index is 818. The number of hydrogen-bond donors (Lipinski definition) is 2. The lowest BCUT2D eigenvalue weighted by Crippen LogP contribution is -2.15. The fourth-order valence-corrected chi connectivity index (χ4v) is 2.05. The second-order valence-electron chi connectivity index (χ2n) is 5.60. The van der Waals surface area contributed by atoms with Crippen LogP contribution in [-0.4, -0.2) is 18.4 Å². The molecule has 5 nitrogen and oxygen atoms in total. The van der Waals surface area contributed by atoms with E-state index in [4.69, 9.17) is 4.74 Å². The lowest BCUT2D eigenvalue weighted by atomic mass is 10.1. The summed E-state index contributed by atoms with van der Waals surface area (Å²) >= 11 is 0. The van der Waals surface area contributed by atoms with Gasteiger partial charge in [0, 0.05) is 24.4 Å². The summed E-state index contributed by atoms with van der Waals surface area (Å²) in [5.74, 6) is -1.04.